The summed E-state index contributed by atoms with van der Waals surface area (Å²) in [4.78, 5) is 16.9. The van der Waals surface area contributed by atoms with Gasteiger partial charge in [-0.15, -0.1) is 0 Å². The van der Waals surface area contributed by atoms with Gasteiger partial charge in [-0.05, 0) is 44.1 Å². The quantitative estimate of drug-likeness (QED) is 0.316. The van der Waals surface area contributed by atoms with Crippen LogP contribution in [0.4, 0.5) is 0 Å². The number of rotatable bonds is 10. The number of aliphatic imine (C=N–C) groups is 1. The summed E-state index contributed by atoms with van der Waals surface area (Å²) in [5.74, 6) is 0. The summed E-state index contributed by atoms with van der Waals surface area (Å²) in [6.07, 6.45) is 19.8. The van der Waals surface area contributed by atoms with E-state index in [4.69, 9.17) is 4.74 Å². The van der Waals surface area contributed by atoms with E-state index < -0.39 is 0 Å². The molecule has 4 nitrogen and oxygen atoms in total. The maximum absolute atomic E-state index is 10.4. The van der Waals surface area contributed by atoms with E-state index in [-0.39, 0.29) is 6.10 Å². The molecule has 0 spiro atoms. The Morgan fingerprint density at radius 1 is 1.15 bits per heavy atom. The first-order chi connectivity index (χ1) is 13.1. The standard InChI is InChI=1S/C23H32N2O2/c1-5-22(10-8-7-9-20(3)13-16-24-6-2)12-11-21(4)25-17-14-23(15-18-25)27-19-26/h5,7-13,16,19,23H,1,6,14-15,17-18H2,2-4H3/b9-7+,10-8-,20-13+,21-11+,22-12+,24-16?. The van der Waals surface area contributed by atoms with Gasteiger partial charge in [0.15, 0.2) is 0 Å². The Hall–Kier alpha value is -2.62. The Morgan fingerprint density at radius 2 is 1.85 bits per heavy atom. The van der Waals surface area contributed by atoms with Gasteiger partial charge in [-0.25, -0.2) is 0 Å². The van der Waals surface area contributed by atoms with Crippen molar-refractivity contribution in [3.63, 3.8) is 0 Å². The molecule has 0 aromatic heterocycles. The highest BCUT2D eigenvalue weighted by molar-refractivity contribution is 5.72. The van der Waals surface area contributed by atoms with Gasteiger partial charge in [0, 0.05) is 44.4 Å². The van der Waals surface area contributed by atoms with Gasteiger partial charge in [-0.1, -0.05) is 43.0 Å². The topological polar surface area (TPSA) is 41.9 Å². The fourth-order valence-electron chi connectivity index (χ4n) is 2.64. The normalized spacial score (nSPS) is 18.0. The van der Waals surface area contributed by atoms with E-state index in [0.29, 0.717) is 6.47 Å². The van der Waals surface area contributed by atoms with Crippen LogP contribution < -0.4 is 0 Å². The van der Waals surface area contributed by atoms with E-state index >= 15 is 0 Å². The average molecular weight is 369 g/mol. The molecular weight excluding hydrogens is 336 g/mol. The lowest BCUT2D eigenvalue weighted by molar-refractivity contribution is -0.135. The minimum absolute atomic E-state index is 0.0614. The smallest absolute Gasteiger partial charge is 0.293 e. The minimum Gasteiger partial charge on any atom is -0.464 e. The van der Waals surface area contributed by atoms with Gasteiger partial charge >= 0.3 is 0 Å². The Bertz CT molecular complexity index is 643. The van der Waals surface area contributed by atoms with Crippen LogP contribution in [0.3, 0.4) is 0 Å². The molecule has 0 radical (unpaired) electrons. The number of ether oxygens (including phenoxy) is 1. The van der Waals surface area contributed by atoms with E-state index in [1.54, 1.807) is 0 Å². The summed E-state index contributed by atoms with van der Waals surface area (Å²) in [5, 5.41) is 0. The first kappa shape index (κ1) is 22.4. The summed E-state index contributed by atoms with van der Waals surface area (Å²) in [7, 11) is 0. The lowest BCUT2D eigenvalue weighted by Crippen LogP contribution is -2.35. The van der Waals surface area contributed by atoms with Gasteiger partial charge < -0.3 is 9.64 Å². The van der Waals surface area contributed by atoms with Crippen LogP contribution in [0, 0.1) is 0 Å². The second kappa shape index (κ2) is 13.6. The highest BCUT2D eigenvalue weighted by Crippen LogP contribution is 2.17. The fraction of sp³-hybridized carbons (Fsp3) is 0.391. The molecule has 27 heavy (non-hydrogen) atoms. The highest BCUT2D eigenvalue weighted by atomic mass is 16.5. The molecule has 1 aliphatic heterocycles. The highest BCUT2D eigenvalue weighted by Gasteiger charge is 2.19. The van der Waals surface area contributed by atoms with Gasteiger partial charge in [0.1, 0.15) is 6.10 Å². The van der Waals surface area contributed by atoms with Crippen molar-refractivity contribution in [3.05, 3.63) is 72.0 Å². The van der Waals surface area contributed by atoms with Crippen molar-refractivity contribution < 1.29 is 9.53 Å². The van der Waals surface area contributed by atoms with Crippen molar-refractivity contribution in [2.24, 2.45) is 4.99 Å². The Labute approximate surface area is 164 Å². The monoisotopic (exact) mass is 368 g/mol. The Balaban J connectivity index is 2.59. The largest absolute Gasteiger partial charge is 0.464 e. The van der Waals surface area contributed by atoms with Crippen LogP contribution in [-0.2, 0) is 9.53 Å². The second-order valence-electron chi connectivity index (χ2n) is 6.37. The molecule has 0 amide bonds. The minimum atomic E-state index is 0.0614. The molecule has 1 saturated heterocycles. The third-order valence-electron chi connectivity index (χ3n) is 4.33. The van der Waals surface area contributed by atoms with E-state index in [9.17, 15) is 4.79 Å². The number of hydrogen-bond acceptors (Lipinski definition) is 4. The summed E-state index contributed by atoms with van der Waals surface area (Å²) in [5.41, 5.74) is 3.41. The average Bonchev–Trinajstić information content (AvgIpc) is 2.68. The zero-order valence-corrected chi connectivity index (χ0v) is 16.8. The van der Waals surface area contributed by atoms with Crippen molar-refractivity contribution in [3.8, 4) is 0 Å². The SMILES string of the molecule is C=CC(/C=C\C=C\C(C)=C\C=NCC)=C\C=C(/C)N1CCC(OC=O)CC1. The number of nitrogens with zero attached hydrogens (tertiary/aromatic N) is 2. The molecule has 1 aliphatic rings. The zero-order chi connectivity index (χ0) is 19.9. The summed E-state index contributed by atoms with van der Waals surface area (Å²) >= 11 is 0. The van der Waals surface area contributed by atoms with Crippen LogP contribution in [0.1, 0.15) is 33.6 Å². The van der Waals surface area contributed by atoms with Crippen LogP contribution in [0.15, 0.2) is 77.0 Å². The zero-order valence-electron chi connectivity index (χ0n) is 16.8. The molecule has 0 bridgehead atoms. The molecule has 0 aromatic carbocycles. The fourth-order valence-corrected chi connectivity index (χ4v) is 2.64. The van der Waals surface area contributed by atoms with Crippen molar-refractivity contribution in [1.82, 2.24) is 4.90 Å². The second-order valence-corrected chi connectivity index (χ2v) is 6.37. The summed E-state index contributed by atoms with van der Waals surface area (Å²) < 4.78 is 5.05. The molecule has 146 valence electrons. The van der Waals surface area contributed by atoms with Gasteiger partial charge in [0.25, 0.3) is 6.47 Å². The van der Waals surface area contributed by atoms with Crippen LogP contribution in [0.2, 0.25) is 0 Å². The van der Waals surface area contributed by atoms with E-state index in [2.05, 4.69) is 35.5 Å². The Kier molecular flexibility index (Phi) is 11.3. The molecule has 4 heteroatoms. The summed E-state index contributed by atoms with van der Waals surface area (Å²) in [6.45, 7) is 13.2. The summed E-state index contributed by atoms with van der Waals surface area (Å²) in [6, 6.07) is 0. The predicted octanol–water partition coefficient (Wildman–Crippen LogP) is 4.79. The molecule has 0 N–H and O–H groups in total. The van der Waals surface area contributed by atoms with E-state index in [1.807, 2.05) is 56.5 Å². The number of carbonyl (C=O) groups excluding carboxylic acids is 1. The lowest BCUT2D eigenvalue weighted by Gasteiger charge is -2.33. The number of piperidine rings is 1. The van der Waals surface area contributed by atoms with Crippen LogP contribution in [-0.4, -0.2) is 43.3 Å². The van der Waals surface area contributed by atoms with Gasteiger partial charge in [-0.3, -0.25) is 9.79 Å². The molecule has 0 saturated carbocycles. The van der Waals surface area contributed by atoms with E-state index in [1.165, 1.54) is 5.70 Å². The molecule has 1 fully saturated rings. The van der Waals surface area contributed by atoms with Crippen molar-refractivity contribution in [2.45, 2.75) is 39.7 Å². The molecule has 0 aromatic rings. The maximum Gasteiger partial charge on any atom is 0.293 e. The molecule has 1 heterocycles. The molecular formula is C23H32N2O2. The van der Waals surface area contributed by atoms with Crippen LogP contribution in [0.25, 0.3) is 0 Å². The van der Waals surface area contributed by atoms with Crippen LogP contribution >= 0.6 is 0 Å². The number of hydrogen-bond donors (Lipinski definition) is 0. The maximum atomic E-state index is 10.4. The first-order valence-electron chi connectivity index (χ1n) is 9.47. The van der Waals surface area contributed by atoms with Gasteiger partial charge in [0.05, 0.1) is 0 Å². The van der Waals surface area contributed by atoms with E-state index in [0.717, 1.165) is 43.6 Å². The number of carbonyl (C=O) groups is 1. The Morgan fingerprint density at radius 3 is 2.48 bits per heavy atom. The predicted molar refractivity (Wildman–Crippen MR) is 115 cm³/mol. The van der Waals surface area contributed by atoms with Gasteiger partial charge in [0.2, 0.25) is 0 Å². The van der Waals surface area contributed by atoms with Crippen molar-refractivity contribution in [1.29, 1.82) is 0 Å². The van der Waals surface area contributed by atoms with Crippen molar-refractivity contribution >= 4 is 12.7 Å². The lowest BCUT2D eigenvalue weighted by atomic mass is 10.1. The molecule has 0 atom stereocenters. The molecule has 0 unspecified atom stereocenters. The number of allylic oxidation sites excluding steroid dienone is 11. The third kappa shape index (κ3) is 9.59. The van der Waals surface area contributed by atoms with Gasteiger partial charge in [-0.2, -0.15) is 0 Å². The van der Waals surface area contributed by atoms with Crippen LogP contribution in [0.5, 0.6) is 0 Å². The molecule has 0 aliphatic carbocycles. The first-order valence-corrected chi connectivity index (χ1v) is 9.47. The third-order valence-corrected chi connectivity index (χ3v) is 4.33. The molecule has 1 rings (SSSR count). The van der Waals surface area contributed by atoms with Crippen molar-refractivity contribution in [2.75, 3.05) is 19.6 Å². The number of likely N-dealkylation sites (tertiary alicyclic amines) is 1.